The normalized spacial score (nSPS) is 12.7. The Bertz CT molecular complexity index is 1450. The molecule has 0 fully saturated rings. The SMILES string of the molecule is CCOc1ccccc1N(CC(=O)N(Cc1cccc(Br)c1)[C@@H](C)C(=O)N[C@H](C)CC)S(=O)(=O)c1ccc(Cl)cc1. The minimum absolute atomic E-state index is 0.0397. The Kier molecular flexibility index (Phi) is 11.6. The van der Waals surface area contributed by atoms with E-state index in [-0.39, 0.29) is 29.1 Å². The number of nitrogens with zero attached hydrogens (tertiary/aromatic N) is 2. The third-order valence-corrected chi connectivity index (χ3v) is 9.04. The number of halogens is 2. The highest BCUT2D eigenvalue weighted by atomic mass is 79.9. The maximum absolute atomic E-state index is 14.1. The van der Waals surface area contributed by atoms with Gasteiger partial charge in [0.05, 0.1) is 17.2 Å². The highest BCUT2D eigenvalue weighted by Gasteiger charge is 2.34. The van der Waals surface area contributed by atoms with E-state index < -0.39 is 28.5 Å². The quantitative estimate of drug-likeness (QED) is 0.241. The van der Waals surface area contributed by atoms with Crippen molar-refractivity contribution in [2.24, 2.45) is 0 Å². The summed E-state index contributed by atoms with van der Waals surface area (Å²) < 4.78 is 35.6. The minimum atomic E-state index is -4.25. The summed E-state index contributed by atoms with van der Waals surface area (Å²) >= 11 is 9.47. The molecule has 3 rings (SSSR count). The zero-order valence-electron chi connectivity index (χ0n) is 23.5. The Labute approximate surface area is 255 Å². The lowest BCUT2D eigenvalue weighted by Crippen LogP contribution is -2.52. The van der Waals surface area contributed by atoms with E-state index in [1.165, 1.54) is 29.2 Å². The standard InChI is InChI=1S/C30H35BrClN3O5S/c1-5-21(3)33-30(37)22(4)34(19-23-10-9-11-24(31)18-23)29(36)20-35(27-12-7-8-13-28(27)40-6-2)41(38,39)26-16-14-25(32)15-17-26/h7-18,21-22H,5-6,19-20H2,1-4H3,(H,33,37)/t21-,22+/m1/s1. The molecule has 0 aromatic heterocycles. The van der Waals surface area contributed by atoms with Crippen LogP contribution in [-0.4, -0.2) is 50.4 Å². The van der Waals surface area contributed by atoms with E-state index in [9.17, 15) is 18.0 Å². The Morgan fingerprint density at radius 3 is 2.32 bits per heavy atom. The van der Waals surface area contributed by atoms with Gasteiger partial charge in [-0.15, -0.1) is 0 Å². The van der Waals surface area contributed by atoms with Crippen LogP contribution in [-0.2, 0) is 26.2 Å². The monoisotopic (exact) mass is 663 g/mol. The molecule has 0 bridgehead atoms. The number of para-hydroxylation sites is 2. The molecule has 0 aliphatic carbocycles. The average Bonchev–Trinajstić information content (AvgIpc) is 2.95. The number of anilines is 1. The Morgan fingerprint density at radius 1 is 1.00 bits per heavy atom. The molecule has 0 aliphatic rings. The number of rotatable bonds is 13. The average molecular weight is 665 g/mol. The van der Waals surface area contributed by atoms with Gasteiger partial charge in [-0.2, -0.15) is 0 Å². The topological polar surface area (TPSA) is 96.0 Å². The van der Waals surface area contributed by atoms with Gasteiger partial charge in [0.15, 0.2) is 0 Å². The third-order valence-electron chi connectivity index (χ3n) is 6.52. The van der Waals surface area contributed by atoms with Crippen molar-refractivity contribution in [2.75, 3.05) is 17.5 Å². The van der Waals surface area contributed by atoms with Gasteiger partial charge in [0, 0.05) is 22.1 Å². The van der Waals surface area contributed by atoms with Gasteiger partial charge in [0.1, 0.15) is 18.3 Å². The fourth-order valence-electron chi connectivity index (χ4n) is 4.07. The number of nitrogens with one attached hydrogen (secondary N) is 1. The second-order valence-electron chi connectivity index (χ2n) is 9.51. The fourth-order valence-corrected chi connectivity index (χ4v) is 6.07. The molecule has 0 radical (unpaired) electrons. The van der Waals surface area contributed by atoms with Gasteiger partial charge in [-0.1, -0.05) is 58.7 Å². The van der Waals surface area contributed by atoms with E-state index in [1.54, 1.807) is 38.1 Å². The fraction of sp³-hybridized carbons (Fsp3) is 0.333. The van der Waals surface area contributed by atoms with Gasteiger partial charge in [-0.05, 0) is 81.3 Å². The molecule has 11 heteroatoms. The first kappa shape index (κ1) is 32.4. The van der Waals surface area contributed by atoms with E-state index in [0.29, 0.717) is 17.4 Å². The summed E-state index contributed by atoms with van der Waals surface area (Å²) in [4.78, 5) is 28.6. The van der Waals surface area contributed by atoms with Crippen LogP contribution in [0.15, 0.2) is 82.2 Å². The van der Waals surface area contributed by atoms with Gasteiger partial charge < -0.3 is 15.0 Å². The van der Waals surface area contributed by atoms with Gasteiger partial charge in [0.25, 0.3) is 10.0 Å². The van der Waals surface area contributed by atoms with Gasteiger partial charge in [-0.3, -0.25) is 13.9 Å². The second-order valence-corrected chi connectivity index (χ2v) is 12.7. The predicted octanol–water partition coefficient (Wildman–Crippen LogP) is 6.03. The predicted molar refractivity (Wildman–Crippen MR) is 166 cm³/mol. The van der Waals surface area contributed by atoms with Crippen LogP contribution < -0.4 is 14.4 Å². The number of hydrogen-bond donors (Lipinski definition) is 1. The van der Waals surface area contributed by atoms with Crippen molar-refractivity contribution in [2.45, 2.75) is 57.6 Å². The molecule has 3 aromatic carbocycles. The number of hydrogen-bond acceptors (Lipinski definition) is 5. The summed E-state index contributed by atoms with van der Waals surface area (Å²) in [5.41, 5.74) is 0.981. The number of sulfonamides is 1. The number of carbonyl (C=O) groups is 2. The minimum Gasteiger partial charge on any atom is -0.492 e. The molecule has 41 heavy (non-hydrogen) atoms. The number of ether oxygens (including phenoxy) is 1. The molecule has 8 nitrogen and oxygen atoms in total. The van der Waals surface area contributed by atoms with Crippen molar-refractivity contribution in [3.05, 3.63) is 87.9 Å². The Balaban J connectivity index is 2.08. The molecule has 0 unspecified atom stereocenters. The van der Waals surface area contributed by atoms with Crippen LogP contribution in [0.2, 0.25) is 5.02 Å². The van der Waals surface area contributed by atoms with E-state index >= 15 is 0 Å². The van der Waals surface area contributed by atoms with Gasteiger partial charge in [-0.25, -0.2) is 8.42 Å². The van der Waals surface area contributed by atoms with E-state index in [0.717, 1.165) is 20.8 Å². The molecule has 2 amide bonds. The van der Waals surface area contributed by atoms with Crippen LogP contribution in [0, 0.1) is 0 Å². The molecular weight excluding hydrogens is 630 g/mol. The molecule has 2 atom stereocenters. The Morgan fingerprint density at radius 2 is 1.68 bits per heavy atom. The summed E-state index contributed by atoms with van der Waals surface area (Å²) in [6.07, 6.45) is 0.722. The number of benzene rings is 3. The summed E-state index contributed by atoms with van der Waals surface area (Å²) in [5.74, 6) is -0.577. The van der Waals surface area contributed by atoms with Crippen LogP contribution in [0.3, 0.4) is 0 Å². The molecule has 0 saturated carbocycles. The molecule has 3 aromatic rings. The zero-order valence-corrected chi connectivity index (χ0v) is 26.7. The van der Waals surface area contributed by atoms with E-state index in [1.807, 2.05) is 38.1 Å². The van der Waals surface area contributed by atoms with Crippen LogP contribution in [0.5, 0.6) is 5.75 Å². The summed E-state index contributed by atoms with van der Waals surface area (Å²) in [6.45, 7) is 7.09. The van der Waals surface area contributed by atoms with E-state index in [2.05, 4.69) is 21.2 Å². The van der Waals surface area contributed by atoms with Crippen LogP contribution in [0.4, 0.5) is 5.69 Å². The third kappa shape index (κ3) is 8.47. The smallest absolute Gasteiger partial charge is 0.264 e. The first-order valence-electron chi connectivity index (χ1n) is 13.3. The Hall–Kier alpha value is -3.08. The van der Waals surface area contributed by atoms with Crippen LogP contribution in [0.25, 0.3) is 0 Å². The van der Waals surface area contributed by atoms with Crippen LogP contribution >= 0.6 is 27.5 Å². The van der Waals surface area contributed by atoms with Crippen molar-refractivity contribution in [3.63, 3.8) is 0 Å². The van der Waals surface area contributed by atoms with Crippen molar-refractivity contribution in [3.8, 4) is 5.75 Å². The molecule has 0 spiro atoms. The molecule has 0 saturated heterocycles. The summed E-state index contributed by atoms with van der Waals surface area (Å²) in [5, 5.41) is 3.31. The lowest BCUT2D eigenvalue weighted by atomic mass is 10.1. The highest BCUT2D eigenvalue weighted by molar-refractivity contribution is 9.10. The van der Waals surface area contributed by atoms with Gasteiger partial charge >= 0.3 is 0 Å². The number of carbonyl (C=O) groups excluding carboxylic acids is 2. The van der Waals surface area contributed by atoms with E-state index in [4.69, 9.17) is 16.3 Å². The lowest BCUT2D eigenvalue weighted by molar-refractivity contribution is -0.139. The largest absolute Gasteiger partial charge is 0.492 e. The van der Waals surface area contributed by atoms with Crippen molar-refractivity contribution in [1.29, 1.82) is 0 Å². The zero-order chi connectivity index (χ0) is 30.2. The summed E-state index contributed by atoms with van der Waals surface area (Å²) in [7, 11) is -4.25. The maximum atomic E-state index is 14.1. The molecule has 1 N–H and O–H groups in total. The molecular formula is C30H35BrClN3O5S. The maximum Gasteiger partial charge on any atom is 0.264 e. The van der Waals surface area contributed by atoms with Crippen molar-refractivity contribution < 1.29 is 22.7 Å². The molecule has 0 aliphatic heterocycles. The van der Waals surface area contributed by atoms with Crippen LogP contribution in [0.1, 0.15) is 39.7 Å². The van der Waals surface area contributed by atoms with Crippen molar-refractivity contribution in [1.82, 2.24) is 10.2 Å². The summed E-state index contributed by atoms with van der Waals surface area (Å²) in [6, 6.07) is 18.8. The molecule has 0 heterocycles. The highest BCUT2D eigenvalue weighted by Crippen LogP contribution is 2.33. The first-order valence-corrected chi connectivity index (χ1v) is 15.9. The van der Waals surface area contributed by atoms with Gasteiger partial charge in [0.2, 0.25) is 11.8 Å². The first-order chi connectivity index (χ1) is 19.5. The number of amides is 2. The second kappa shape index (κ2) is 14.7. The molecule has 220 valence electrons. The van der Waals surface area contributed by atoms with Crippen molar-refractivity contribution >= 4 is 55.1 Å². The lowest BCUT2D eigenvalue weighted by Gasteiger charge is -2.33.